The Balaban J connectivity index is 1.64. The van der Waals surface area contributed by atoms with Crippen LogP contribution in [0, 0.1) is 5.92 Å². The van der Waals surface area contributed by atoms with Gasteiger partial charge in [0.2, 0.25) is 5.91 Å². The molecule has 0 aliphatic carbocycles. The van der Waals surface area contributed by atoms with Crippen LogP contribution < -0.4 is 0 Å². The Morgan fingerprint density at radius 1 is 1.41 bits per heavy atom. The van der Waals surface area contributed by atoms with Gasteiger partial charge in [0.25, 0.3) is 0 Å². The number of hydrogen-bond donors (Lipinski definition) is 1. The van der Waals surface area contributed by atoms with Crippen LogP contribution in [0.4, 0.5) is 0 Å². The summed E-state index contributed by atoms with van der Waals surface area (Å²) < 4.78 is 11.0. The van der Waals surface area contributed by atoms with Crippen molar-refractivity contribution in [2.45, 2.75) is 37.9 Å². The van der Waals surface area contributed by atoms with Gasteiger partial charge in [-0.25, -0.2) is 0 Å². The zero-order valence-corrected chi connectivity index (χ0v) is 13.9. The van der Waals surface area contributed by atoms with E-state index in [1.807, 2.05) is 0 Å². The van der Waals surface area contributed by atoms with E-state index in [0.717, 1.165) is 45.4 Å². The molecule has 0 aromatic rings. The van der Waals surface area contributed by atoms with Crippen molar-refractivity contribution in [1.29, 1.82) is 0 Å². The lowest BCUT2D eigenvalue weighted by atomic mass is 9.96. The van der Waals surface area contributed by atoms with Gasteiger partial charge in [-0.1, -0.05) is 0 Å². The first-order valence-corrected chi connectivity index (χ1v) is 8.37. The van der Waals surface area contributed by atoms with E-state index in [-0.39, 0.29) is 17.9 Å². The summed E-state index contributed by atoms with van der Waals surface area (Å²) in [7, 11) is 3.60. The molecule has 2 fully saturated rings. The van der Waals surface area contributed by atoms with E-state index in [4.69, 9.17) is 9.47 Å². The standard InChI is InChI=1S/C16H30N2O4/c1-17(2)16(20)13-5-3-7-18(9-13)10-14(19)11-21-12-15-6-4-8-22-15/h13-15,19H,3-12H2,1-2H3. The summed E-state index contributed by atoms with van der Waals surface area (Å²) in [5.74, 6) is 0.248. The number of aliphatic hydroxyl groups is 1. The van der Waals surface area contributed by atoms with Crippen LogP contribution in [-0.2, 0) is 14.3 Å². The maximum absolute atomic E-state index is 12.0. The molecule has 1 amide bonds. The van der Waals surface area contributed by atoms with Crippen molar-refractivity contribution >= 4 is 5.91 Å². The quantitative estimate of drug-likeness (QED) is 0.734. The second kappa shape index (κ2) is 8.82. The van der Waals surface area contributed by atoms with Crippen molar-refractivity contribution in [2.75, 3.05) is 53.6 Å². The third-order valence-corrected chi connectivity index (χ3v) is 4.40. The first-order chi connectivity index (χ1) is 10.6. The molecular weight excluding hydrogens is 284 g/mol. The Kier molecular flexibility index (Phi) is 7.08. The highest BCUT2D eigenvalue weighted by Gasteiger charge is 2.27. The van der Waals surface area contributed by atoms with Gasteiger partial charge in [-0.15, -0.1) is 0 Å². The summed E-state index contributed by atoms with van der Waals surface area (Å²) in [4.78, 5) is 15.9. The minimum absolute atomic E-state index is 0.0590. The van der Waals surface area contributed by atoms with Gasteiger partial charge in [0.05, 0.1) is 31.3 Å². The molecular formula is C16H30N2O4. The summed E-state index contributed by atoms with van der Waals surface area (Å²) in [6.07, 6.45) is 3.80. The molecule has 0 spiro atoms. The van der Waals surface area contributed by atoms with Gasteiger partial charge in [0, 0.05) is 33.8 Å². The zero-order chi connectivity index (χ0) is 15.9. The average molecular weight is 314 g/mol. The number of piperidine rings is 1. The van der Waals surface area contributed by atoms with E-state index in [1.54, 1.807) is 19.0 Å². The minimum atomic E-state index is -0.505. The van der Waals surface area contributed by atoms with Gasteiger partial charge in [0.15, 0.2) is 0 Å². The van der Waals surface area contributed by atoms with E-state index in [0.29, 0.717) is 19.8 Å². The maximum Gasteiger partial charge on any atom is 0.226 e. The molecule has 3 atom stereocenters. The monoisotopic (exact) mass is 314 g/mol. The normalized spacial score (nSPS) is 27.8. The van der Waals surface area contributed by atoms with Crippen molar-refractivity contribution in [3.63, 3.8) is 0 Å². The molecule has 2 rings (SSSR count). The smallest absolute Gasteiger partial charge is 0.226 e. The fourth-order valence-corrected chi connectivity index (χ4v) is 3.25. The van der Waals surface area contributed by atoms with Gasteiger partial charge in [-0.3, -0.25) is 9.69 Å². The number of nitrogens with zero attached hydrogens (tertiary/aromatic N) is 2. The molecule has 2 aliphatic rings. The van der Waals surface area contributed by atoms with E-state index in [1.165, 1.54) is 0 Å². The number of carbonyl (C=O) groups excluding carboxylic acids is 1. The van der Waals surface area contributed by atoms with Gasteiger partial charge in [-0.2, -0.15) is 0 Å². The fraction of sp³-hybridized carbons (Fsp3) is 0.938. The van der Waals surface area contributed by atoms with Gasteiger partial charge >= 0.3 is 0 Å². The van der Waals surface area contributed by atoms with Crippen LogP contribution in [0.3, 0.4) is 0 Å². The summed E-state index contributed by atoms with van der Waals surface area (Å²) in [6.45, 7) is 3.98. The second-order valence-corrected chi connectivity index (χ2v) is 6.66. The molecule has 0 bridgehead atoms. The lowest BCUT2D eigenvalue weighted by Crippen LogP contribution is -2.45. The van der Waals surface area contributed by atoms with Crippen LogP contribution in [0.1, 0.15) is 25.7 Å². The summed E-state index contributed by atoms with van der Waals surface area (Å²) >= 11 is 0. The molecule has 2 heterocycles. The number of likely N-dealkylation sites (tertiary alicyclic amines) is 1. The number of hydrogen-bond acceptors (Lipinski definition) is 5. The second-order valence-electron chi connectivity index (χ2n) is 6.66. The van der Waals surface area contributed by atoms with Gasteiger partial charge in [0.1, 0.15) is 0 Å². The highest BCUT2D eigenvalue weighted by atomic mass is 16.5. The summed E-state index contributed by atoms with van der Waals surface area (Å²) in [6, 6.07) is 0. The molecule has 3 unspecified atom stereocenters. The maximum atomic E-state index is 12.0. The molecule has 0 radical (unpaired) electrons. The van der Waals surface area contributed by atoms with Crippen LogP contribution in [0.15, 0.2) is 0 Å². The lowest BCUT2D eigenvalue weighted by Gasteiger charge is -2.34. The Morgan fingerprint density at radius 2 is 2.23 bits per heavy atom. The van der Waals surface area contributed by atoms with Crippen molar-refractivity contribution < 1.29 is 19.4 Å². The SMILES string of the molecule is CN(C)C(=O)C1CCCN(CC(O)COCC2CCCO2)C1. The third-order valence-electron chi connectivity index (χ3n) is 4.40. The van der Waals surface area contributed by atoms with Gasteiger partial charge < -0.3 is 19.5 Å². The molecule has 0 aromatic carbocycles. The van der Waals surface area contributed by atoms with Crippen molar-refractivity contribution in [1.82, 2.24) is 9.80 Å². The van der Waals surface area contributed by atoms with E-state index >= 15 is 0 Å². The molecule has 0 aromatic heterocycles. The predicted octanol–water partition coefficient (Wildman–Crippen LogP) is 0.343. The van der Waals surface area contributed by atoms with E-state index < -0.39 is 6.10 Å². The topological polar surface area (TPSA) is 62.2 Å². The fourth-order valence-electron chi connectivity index (χ4n) is 3.25. The first kappa shape index (κ1) is 17.7. The van der Waals surface area contributed by atoms with Crippen LogP contribution in [0.25, 0.3) is 0 Å². The van der Waals surface area contributed by atoms with Crippen LogP contribution in [0.2, 0.25) is 0 Å². The van der Waals surface area contributed by atoms with E-state index in [9.17, 15) is 9.90 Å². The van der Waals surface area contributed by atoms with Crippen molar-refractivity contribution in [2.24, 2.45) is 5.92 Å². The summed E-state index contributed by atoms with van der Waals surface area (Å²) in [5.41, 5.74) is 0. The molecule has 6 nitrogen and oxygen atoms in total. The van der Waals surface area contributed by atoms with Crippen LogP contribution in [-0.4, -0.2) is 86.6 Å². The number of ether oxygens (including phenoxy) is 2. The van der Waals surface area contributed by atoms with Gasteiger partial charge in [-0.05, 0) is 32.2 Å². The minimum Gasteiger partial charge on any atom is -0.389 e. The lowest BCUT2D eigenvalue weighted by molar-refractivity contribution is -0.135. The number of amides is 1. The molecule has 6 heteroatoms. The zero-order valence-electron chi connectivity index (χ0n) is 13.9. The Labute approximate surface area is 133 Å². The van der Waals surface area contributed by atoms with Crippen molar-refractivity contribution in [3.8, 4) is 0 Å². The molecule has 0 saturated carbocycles. The molecule has 22 heavy (non-hydrogen) atoms. The number of β-amino-alcohol motifs (C(OH)–C–C–N with tert-alkyl or cyclic N) is 1. The van der Waals surface area contributed by atoms with Crippen LogP contribution >= 0.6 is 0 Å². The summed E-state index contributed by atoms with van der Waals surface area (Å²) in [5, 5.41) is 10.1. The largest absolute Gasteiger partial charge is 0.389 e. The average Bonchev–Trinajstić information content (AvgIpc) is 3.00. The van der Waals surface area contributed by atoms with Crippen LogP contribution in [0.5, 0.6) is 0 Å². The Hall–Kier alpha value is -0.690. The highest BCUT2D eigenvalue weighted by molar-refractivity contribution is 5.78. The molecule has 128 valence electrons. The number of carbonyl (C=O) groups is 1. The molecule has 2 saturated heterocycles. The first-order valence-electron chi connectivity index (χ1n) is 8.37. The highest BCUT2D eigenvalue weighted by Crippen LogP contribution is 2.18. The Bertz CT molecular complexity index is 345. The van der Waals surface area contributed by atoms with Crippen molar-refractivity contribution in [3.05, 3.63) is 0 Å². The predicted molar refractivity (Wildman–Crippen MR) is 83.7 cm³/mol. The molecule has 1 N–H and O–H groups in total. The third kappa shape index (κ3) is 5.50. The molecule has 2 aliphatic heterocycles. The number of rotatable bonds is 7. The number of aliphatic hydroxyl groups excluding tert-OH is 1. The van der Waals surface area contributed by atoms with E-state index in [2.05, 4.69) is 4.90 Å². The Morgan fingerprint density at radius 3 is 2.91 bits per heavy atom.